The third kappa shape index (κ3) is 4.98. The van der Waals surface area contributed by atoms with Crippen molar-refractivity contribution in [2.24, 2.45) is 0 Å². The number of anilines is 2. The SMILES string of the molecule is Oc1ccc(-c2ccc(O)c(-c3ccccc3Nc3ccccc3-c3ccccc3)c2)cc1-c1ccccc1. The molecule has 3 N–H and O–H groups in total. The predicted octanol–water partition coefficient (Wildman–Crippen LogP) is 9.51. The maximum atomic E-state index is 11.0. The second-order valence-corrected chi connectivity index (χ2v) is 9.41. The van der Waals surface area contributed by atoms with E-state index in [0.717, 1.165) is 55.9 Å². The molecule has 0 amide bonds. The van der Waals surface area contributed by atoms with Crippen molar-refractivity contribution < 1.29 is 10.2 Å². The molecule has 0 unspecified atom stereocenters. The van der Waals surface area contributed by atoms with Crippen LogP contribution in [0.15, 0.2) is 146 Å². The highest BCUT2D eigenvalue weighted by molar-refractivity contribution is 5.90. The van der Waals surface area contributed by atoms with Gasteiger partial charge in [0.15, 0.2) is 0 Å². The fourth-order valence-corrected chi connectivity index (χ4v) is 4.93. The van der Waals surface area contributed by atoms with Crippen molar-refractivity contribution in [3.05, 3.63) is 146 Å². The first-order valence-electron chi connectivity index (χ1n) is 12.9. The number of rotatable bonds is 6. The summed E-state index contributed by atoms with van der Waals surface area (Å²) < 4.78 is 0. The van der Waals surface area contributed by atoms with Gasteiger partial charge in [-0.1, -0.05) is 109 Å². The van der Waals surface area contributed by atoms with Gasteiger partial charge in [0.05, 0.1) is 0 Å². The topological polar surface area (TPSA) is 52.5 Å². The summed E-state index contributed by atoms with van der Waals surface area (Å²) >= 11 is 0. The number of benzene rings is 6. The summed E-state index contributed by atoms with van der Waals surface area (Å²) in [5.74, 6) is 0.432. The highest BCUT2D eigenvalue weighted by Crippen LogP contribution is 2.41. The molecule has 6 rings (SSSR count). The van der Waals surface area contributed by atoms with Crippen molar-refractivity contribution in [1.29, 1.82) is 0 Å². The second-order valence-electron chi connectivity index (χ2n) is 9.41. The smallest absolute Gasteiger partial charge is 0.123 e. The van der Waals surface area contributed by atoms with Gasteiger partial charge in [0.25, 0.3) is 0 Å². The number of aromatic hydroxyl groups is 2. The Balaban J connectivity index is 1.40. The molecule has 0 atom stereocenters. The van der Waals surface area contributed by atoms with Gasteiger partial charge in [-0.25, -0.2) is 0 Å². The molecular weight excluding hydrogens is 478 g/mol. The zero-order valence-electron chi connectivity index (χ0n) is 21.3. The van der Waals surface area contributed by atoms with Crippen molar-refractivity contribution in [2.75, 3.05) is 5.32 Å². The van der Waals surface area contributed by atoms with Crippen LogP contribution in [0.5, 0.6) is 11.5 Å². The monoisotopic (exact) mass is 505 g/mol. The third-order valence-corrected chi connectivity index (χ3v) is 6.91. The fraction of sp³-hybridized carbons (Fsp3) is 0. The fourth-order valence-electron chi connectivity index (χ4n) is 4.93. The summed E-state index contributed by atoms with van der Waals surface area (Å²) in [4.78, 5) is 0. The summed E-state index contributed by atoms with van der Waals surface area (Å²) in [5, 5.41) is 25.1. The lowest BCUT2D eigenvalue weighted by Crippen LogP contribution is -1.96. The van der Waals surface area contributed by atoms with Crippen LogP contribution in [0.2, 0.25) is 0 Å². The van der Waals surface area contributed by atoms with E-state index >= 15 is 0 Å². The van der Waals surface area contributed by atoms with Crippen LogP contribution in [0.25, 0.3) is 44.5 Å². The van der Waals surface area contributed by atoms with E-state index in [0.29, 0.717) is 0 Å². The lowest BCUT2D eigenvalue weighted by Gasteiger charge is -2.17. The van der Waals surface area contributed by atoms with Crippen molar-refractivity contribution in [3.8, 4) is 56.0 Å². The first kappa shape index (κ1) is 24.1. The highest BCUT2D eigenvalue weighted by Gasteiger charge is 2.14. The normalized spacial score (nSPS) is 10.8. The van der Waals surface area contributed by atoms with Crippen LogP contribution in [0.3, 0.4) is 0 Å². The quantitative estimate of drug-likeness (QED) is 0.211. The van der Waals surface area contributed by atoms with Crippen LogP contribution in [0.1, 0.15) is 0 Å². The van der Waals surface area contributed by atoms with E-state index in [9.17, 15) is 10.2 Å². The number of phenolic OH excluding ortho intramolecular Hbond substituents is 2. The van der Waals surface area contributed by atoms with E-state index in [1.165, 1.54) is 0 Å². The molecule has 0 radical (unpaired) electrons. The molecule has 0 bridgehead atoms. The predicted molar refractivity (Wildman–Crippen MR) is 161 cm³/mol. The molecule has 0 aliphatic heterocycles. The van der Waals surface area contributed by atoms with Crippen LogP contribution in [-0.2, 0) is 0 Å². The van der Waals surface area contributed by atoms with E-state index in [4.69, 9.17) is 0 Å². The lowest BCUT2D eigenvalue weighted by atomic mass is 9.94. The minimum atomic E-state index is 0.200. The van der Waals surface area contributed by atoms with Crippen LogP contribution in [0, 0.1) is 0 Å². The van der Waals surface area contributed by atoms with Gasteiger partial charge < -0.3 is 15.5 Å². The molecule has 6 aromatic carbocycles. The molecule has 3 nitrogen and oxygen atoms in total. The Hall–Kier alpha value is -5.28. The second kappa shape index (κ2) is 10.6. The first-order chi connectivity index (χ1) is 19.2. The number of phenols is 2. The summed E-state index contributed by atoms with van der Waals surface area (Å²) in [5.41, 5.74) is 9.33. The molecule has 6 aromatic rings. The number of hydrogen-bond acceptors (Lipinski definition) is 3. The Morgan fingerprint density at radius 2 is 0.769 bits per heavy atom. The van der Waals surface area contributed by atoms with Gasteiger partial charge in [-0.3, -0.25) is 0 Å². The third-order valence-electron chi connectivity index (χ3n) is 6.91. The van der Waals surface area contributed by atoms with Crippen molar-refractivity contribution in [1.82, 2.24) is 0 Å². The van der Waals surface area contributed by atoms with E-state index in [2.05, 4.69) is 29.6 Å². The summed E-state index contributed by atoms with van der Waals surface area (Å²) in [6.45, 7) is 0. The highest BCUT2D eigenvalue weighted by atomic mass is 16.3. The average Bonchev–Trinajstić information content (AvgIpc) is 2.99. The first-order valence-corrected chi connectivity index (χ1v) is 12.9. The summed E-state index contributed by atoms with van der Waals surface area (Å²) in [6.07, 6.45) is 0. The molecular formula is C36H27NO2. The van der Waals surface area contributed by atoms with E-state index < -0.39 is 0 Å². The molecule has 0 heterocycles. The molecule has 0 aliphatic rings. The summed E-state index contributed by atoms with van der Waals surface area (Å²) in [7, 11) is 0. The Morgan fingerprint density at radius 3 is 1.38 bits per heavy atom. The zero-order chi connectivity index (χ0) is 26.6. The molecule has 0 fully saturated rings. The Labute approximate surface area is 228 Å². The Kier molecular flexibility index (Phi) is 6.55. The van der Waals surface area contributed by atoms with Gasteiger partial charge in [-0.05, 0) is 58.7 Å². The summed E-state index contributed by atoms with van der Waals surface area (Å²) in [6, 6.07) is 47.6. The number of nitrogens with one attached hydrogen (secondary N) is 1. The molecule has 0 spiro atoms. The molecule has 0 saturated heterocycles. The minimum absolute atomic E-state index is 0.200. The molecule has 0 aromatic heterocycles. The van der Waals surface area contributed by atoms with Gasteiger partial charge in [-0.15, -0.1) is 0 Å². The molecule has 0 aliphatic carbocycles. The number of hydrogen-bond donors (Lipinski definition) is 3. The molecule has 188 valence electrons. The molecule has 0 saturated carbocycles. The molecule has 3 heteroatoms. The van der Waals surface area contributed by atoms with E-state index in [1.807, 2.05) is 109 Å². The van der Waals surface area contributed by atoms with Crippen LogP contribution < -0.4 is 5.32 Å². The molecule has 39 heavy (non-hydrogen) atoms. The maximum Gasteiger partial charge on any atom is 0.123 e. The van der Waals surface area contributed by atoms with Crippen LogP contribution in [0.4, 0.5) is 11.4 Å². The van der Waals surface area contributed by atoms with Gasteiger partial charge in [0.1, 0.15) is 11.5 Å². The zero-order valence-corrected chi connectivity index (χ0v) is 21.3. The van der Waals surface area contributed by atoms with Crippen molar-refractivity contribution >= 4 is 11.4 Å². The maximum absolute atomic E-state index is 11.0. The largest absolute Gasteiger partial charge is 0.507 e. The van der Waals surface area contributed by atoms with Gasteiger partial charge >= 0.3 is 0 Å². The average molecular weight is 506 g/mol. The van der Waals surface area contributed by atoms with E-state index in [1.54, 1.807) is 12.1 Å². The lowest BCUT2D eigenvalue weighted by molar-refractivity contribution is 0.476. The van der Waals surface area contributed by atoms with Crippen molar-refractivity contribution in [3.63, 3.8) is 0 Å². The van der Waals surface area contributed by atoms with Crippen molar-refractivity contribution in [2.45, 2.75) is 0 Å². The standard InChI is InChI=1S/C36H27NO2/c38-35-21-19-27(23-31(35)26-13-5-2-6-14-26)28-20-22-36(39)32(24-28)30-16-8-10-18-34(30)37-33-17-9-7-15-29(33)25-11-3-1-4-12-25/h1-24,37-39H. The van der Waals surface area contributed by atoms with Gasteiger partial charge in [0, 0.05) is 33.6 Å². The minimum Gasteiger partial charge on any atom is -0.507 e. The van der Waals surface area contributed by atoms with Gasteiger partial charge in [0.2, 0.25) is 0 Å². The van der Waals surface area contributed by atoms with E-state index in [-0.39, 0.29) is 11.5 Å². The Bertz CT molecular complexity index is 1740. The Morgan fingerprint density at radius 1 is 0.333 bits per heavy atom. The van der Waals surface area contributed by atoms with Crippen LogP contribution in [-0.4, -0.2) is 10.2 Å². The van der Waals surface area contributed by atoms with Gasteiger partial charge in [-0.2, -0.15) is 0 Å². The van der Waals surface area contributed by atoms with Crippen LogP contribution >= 0.6 is 0 Å². The number of para-hydroxylation sites is 2.